The Balaban J connectivity index is 0.683. The third-order valence-electron chi connectivity index (χ3n) is 12.0. The average molecular weight is 884 g/mol. The van der Waals surface area contributed by atoms with Gasteiger partial charge in [0, 0.05) is 86.7 Å². The maximum Gasteiger partial charge on any atom is 0.317 e. The van der Waals surface area contributed by atoms with Gasteiger partial charge in [-0.15, -0.1) is 0 Å². The number of nitrogens with one attached hydrogen (secondary N) is 5. The molecule has 4 aliphatic rings. The molecule has 330 valence electrons. The summed E-state index contributed by atoms with van der Waals surface area (Å²) in [7, 11) is 0. The molecule has 3 aromatic carbocycles. The van der Waals surface area contributed by atoms with E-state index in [-0.39, 0.29) is 30.3 Å². The lowest BCUT2D eigenvalue weighted by atomic mass is 9.91. The summed E-state index contributed by atoms with van der Waals surface area (Å²) in [5.74, 6) is 6.14. The van der Waals surface area contributed by atoms with Crippen molar-refractivity contribution in [2.45, 2.75) is 69.6 Å². The summed E-state index contributed by atoms with van der Waals surface area (Å²) in [5.41, 5.74) is 5.17. The number of fused-ring (bicyclic) bond motifs is 1. The predicted molar refractivity (Wildman–Crippen MR) is 242 cm³/mol. The second-order valence-electron chi connectivity index (χ2n) is 16.2. The second kappa shape index (κ2) is 20.6. The van der Waals surface area contributed by atoms with E-state index in [0.717, 1.165) is 67.8 Å². The van der Waals surface area contributed by atoms with E-state index in [2.05, 4.69) is 59.4 Å². The minimum atomic E-state index is -0.633. The SMILES string of the molecule is N#Cc1ccccc1Nc1nc(Nc2ccc(N3CCN(C(=O)NC4CCC(NCCOCCC#Cc5ccc6c(c5)CN(C5CCC(=O)NC5=O)C6=O)CC4)CC3)cc2)ncc1Cl. The number of carbonyl (C=O) groups is 4. The Labute approximate surface area is 377 Å². The molecule has 5 amide bonds. The summed E-state index contributed by atoms with van der Waals surface area (Å²) in [5, 5.41) is 25.3. The van der Waals surface area contributed by atoms with Crippen molar-refractivity contribution in [3.63, 3.8) is 0 Å². The zero-order chi connectivity index (χ0) is 44.4. The molecule has 0 radical (unpaired) electrons. The number of ether oxygens (including phenoxy) is 1. The molecule has 16 nitrogen and oxygen atoms in total. The fourth-order valence-corrected chi connectivity index (χ4v) is 8.61. The van der Waals surface area contributed by atoms with E-state index in [0.29, 0.717) is 85.3 Å². The molecule has 0 spiro atoms. The number of nitrogens with zero attached hydrogens (tertiary/aromatic N) is 6. The normalized spacial score (nSPS) is 19.5. The number of hydrogen-bond donors (Lipinski definition) is 5. The lowest BCUT2D eigenvalue weighted by Gasteiger charge is -2.37. The molecule has 4 heterocycles. The molecule has 17 heteroatoms. The van der Waals surface area contributed by atoms with Crippen LogP contribution in [0.5, 0.6) is 0 Å². The molecular formula is C47H50ClN11O5. The van der Waals surface area contributed by atoms with Gasteiger partial charge in [-0.05, 0) is 92.3 Å². The number of rotatable bonds is 13. The van der Waals surface area contributed by atoms with Gasteiger partial charge in [-0.1, -0.05) is 35.6 Å². The maximum absolute atomic E-state index is 13.2. The van der Waals surface area contributed by atoms with Crippen molar-refractivity contribution in [3.8, 4) is 17.9 Å². The number of imide groups is 1. The minimum absolute atomic E-state index is 0.00254. The Bertz CT molecular complexity index is 2470. The van der Waals surface area contributed by atoms with E-state index in [1.165, 1.54) is 6.20 Å². The quantitative estimate of drug-likeness (QED) is 0.0649. The van der Waals surface area contributed by atoms with Gasteiger partial charge in [0.15, 0.2) is 5.82 Å². The molecule has 5 N–H and O–H groups in total. The van der Waals surface area contributed by atoms with Gasteiger partial charge >= 0.3 is 6.03 Å². The highest BCUT2D eigenvalue weighted by Gasteiger charge is 2.39. The Morgan fingerprint density at radius 1 is 0.922 bits per heavy atom. The third-order valence-corrected chi connectivity index (χ3v) is 12.2. The van der Waals surface area contributed by atoms with Gasteiger partial charge in [-0.3, -0.25) is 19.7 Å². The maximum atomic E-state index is 13.2. The lowest BCUT2D eigenvalue weighted by molar-refractivity contribution is -0.136. The molecule has 1 aromatic heterocycles. The highest BCUT2D eigenvalue weighted by atomic mass is 35.5. The van der Waals surface area contributed by atoms with Crippen molar-refractivity contribution in [3.05, 3.63) is 100 Å². The van der Waals surface area contributed by atoms with Gasteiger partial charge in [-0.2, -0.15) is 10.2 Å². The van der Waals surface area contributed by atoms with Gasteiger partial charge < -0.3 is 40.7 Å². The predicted octanol–water partition coefficient (Wildman–Crippen LogP) is 5.44. The number of piperidine rings is 1. The fraction of sp³-hybridized carbons (Fsp3) is 0.383. The largest absolute Gasteiger partial charge is 0.379 e. The Kier molecular flexibility index (Phi) is 14.2. The lowest BCUT2D eigenvalue weighted by Crippen LogP contribution is -2.54. The number of halogens is 1. The summed E-state index contributed by atoms with van der Waals surface area (Å²) in [6, 6.07) is 22.7. The summed E-state index contributed by atoms with van der Waals surface area (Å²) < 4.78 is 5.82. The smallest absolute Gasteiger partial charge is 0.317 e. The van der Waals surface area contributed by atoms with Gasteiger partial charge in [-0.25, -0.2) is 9.78 Å². The molecule has 1 aliphatic carbocycles. The summed E-state index contributed by atoms with van der Waals surface area (Å²) in [4.78, 5) is 64.5. The number of benzene rings is 3. The van der Waals surface area contributed by atoms with Crippen molar-refractivity contribution >= 4 is 64.2 Å². The average Bonchev–Trinajstić information content (AvgIpc) is 3.63. The van der Waals surface area contributed by atoms with Crippen LogP contribution in [0.3, 0.4) is 0 Å². The van der Waals surface area contributed by atoms with Crippen molar-refractivity contribution in [1.82, 2.24) is 35.7 Å². The number of hydrogen-bond acceptors (Lipinski definition) is 12. The zero-order valence-corrected chi connectivity index (χ0v) is 36.1. The highest BCUT2D eigenvalue weighted by molar-refractivity contribution is 6.33. The van der Waals surface area contributed by atoms with Crippen LogP contribution in [0, 0.1) is 23.2 Å². The number of para-hydroxylation sites is 1. The molecule has 3 fully saturated rings. The van der Waals surface area contributed by atoms with E-state index in [1.807, 2.05) is 47.4 Å². The van der Waals surface area contributed by atoms with E-state index >= 15 is 0 Å². The first-order valence-corrected chi connectivity index (χ1v) is 22.1. The molecule has 1 saturated carbocycles. The topological polar surface area (TPSA) is 197 Å². The third kappa shape index (κ3) is 10.9. The van der Waals surface area contributed by atoms with Gasteiger partial charge in [0.05, 0.1) is 30.7 Å². The molecule has 4 aromatic rings. The number of anilines is 5. The molecule has 1 atom stereocenters. The monoisotopic (exact) mass is 883 g/mol. The Morgan fingerprint density at radius 3 is 2.48 bits per heavy atom. The van der Waals surface area contributed by atoms with Crippen LogP contribution >= 0.6 is 11.6 Å². The van der Waals surface area contributed by atoms with Crippen LogP contribution in [0.25, 0.3) is 0 Å². The number of urea groups is 1. The molecule has 3 aliphatic heterocycles. The van der Waals surface area contributed by atoms with Crippen LogP contribution in [0.15, 0.2) is 72.9 Å². The number of aromatic nitrogens is 2. The molecule has 64 heavy (non-hydrogen) atoms. The first-order valence-electron chi connectivity index (χ1n) is 21.7. The number of amides is 5. The molecule has 0 bridgehead atoms. The van der Waals surface area contributed by atoms with E-state index in [1.54, 1.807) is 29.2 Å². The number of nitriles is 1. The van der Waals surface area contributed by atoms with E-state index in [4.69, 9.17) is 16.3 Å². The van der Waals surface area contributed by atoms with Gasteiger partial charge in [0.25, 0.3) is 5.91 Å². The van der Waals surface area contributed by atoms with Crippen LogP contribution in [-0.4, -0.2) is 108 Å². The molecule has 8 rings (SSSR count). The van der Waals surface area contributed by atoms with Crippen molar-refractivity contribution in [2.75, 3.05) is 61.5 Å². The summed E-state index contributed by atoms with van der Waals surface area (Å²) >= 11 is 6.35. The summed E-state index contributed by atoms with van der Waals surface area (Å²) in [6.07, 6.45) is 6.49. The molecular weight excluding hydrogens is 834 g/mol. The molecule has 2 saturated heterocycles. The van der Waals surface area contributed by atoms with Crippen LogP contribution in [0.1, 0.15) is 72.0 Å². The van der Waals surface area contributed by atoms with Crippen LogP contribution in [0.4, 0.5) is 33.6 Å². The Hall–Kier alpha value is -6.72. The van der Waals surface area contributed by atoms with Gasteiger partial charge in [0.1, 0.15) is 17.1 Å². The van der Waals surface area contributed by atoms with Crippen LogP contribution < -0.4 is 31.5 Å². The van der Waals surface area contributed by atoms with E-state index < -0.39 is 11.9 Å². The van der Waals surface area contributed by atoms with Crippen molar-refractivity contribution in [1.29, 1.82) is 5.26 Å². The van der Waals surface area contributed by atoms with Gasteiger partial charge in [0.2, 0.25) is 17.8 Å². The van der Waals surface area contributed by atoms with Crippen molar-refractivity contribution < 1.29 is 23.9 Å². The second-order valence-corrected chi connectivity index (χ2v) is 16.6. The highest BCUT2D eigenvalue weighted by Crippen LogP contribution is 2.30. The van der Waals surface area contributed by atoms with Crippen LogP contribution in [0.2, 0.25) is 5.02 Å². The number of carbonyl (C=O) groups excluding carboxylic acids is 4. The Morgan fingerprint density at radius 2 is 1.70 bits per heavy atom. The first-order chi connectivity index (χ1) is 31.2. The number of piperazine rings is 1. The van der Waals surface area contributed by atoms with E-state index in [9.17, 15) is 24.4 Å². The van der Waals surface area contributed by atoms with Crippen molar-refractivity contribution in [2.24, 2.45) is 0 Å². The first kappa shape index (κ1) is 43.9. The zero-order valence-electron chi connectivity index (χ0n) is 35.4. The fourth-order valence-electron chi connectivity index (χ4n) is 8.47. The van der Waals surface area contributed by atoms with Crippen LogP contribution in [-0.2, 0) is 20.9 Å². The minimum Gasteiger partial charge on any atom is -0.379 e. The summed E-state index contributed by atoms with van der Waals surface area (Å²) in [6.45, 7) is 4.92. The standard InChI is InChI=1S/C47H50ClN11O5/c48-39-29-51-46(56-43(39)54-40-7-2-1-6-32(40)28-49)52-35-13-15-37(16-14-35)57-21-23-58(24-22-57)47(63)53-36-11-9-34(10-12-36)50-20-26-64-25-4-3-5-31-8-17-38-33(27-31)30-59(45(38)62)41-18-19-42(60)55-44(41)61/h1-2,6-8,13-17,27,29,34,36,41,50H,4,9-12,18-26,30H2,(H,53,63)(H,55,60,61)(H2,51,52,54,56). The molecule has 1 unspecified atom stereocenters.